The number of benzene rings is 1. The summed E-state index contributed by atoms with van der Waals surface area (Å²) in [6.45, 7) is 1.91. The first kappa shape index (κ1) is 18.6. The molecule has 1 aliphatic heterocycles. The zero-order chi connectivity index (χ0) is 18.6. The van der Waals surface area contributed by atoms with Gasteiger partial charge in [-0.05, 0) is 12.1 Å². The van der Waals surface area contributed by atoms with Crippen molar-refractivity contribution >= 4 is 16.0 Å². The monoisotopic (exact) mass is 379 g/mol. The Morgan fingerprint density at radius 1 is 1.31 bits per heavy atom. The highest BCUT2D eigenvalue weighted by molar-refractivity contribution is 7.89. The van der Waals surface area contributed by atoms with Crippen LogP contribution in [0.2, 0.25) is 0 Å². The third-order valence-corrected chi connectivity index (χ3v) is 6.06. The predicted molar refractivity (Wildman–Crippen MR) is 95.2 cm³/mol. The van der Waals surface area contributed by atoms with E-state index in [2.05, 4.69) is 4.98 Å². The zero-order valence-corrected chi connectivity index (χ0v) is 15.3. The fourth-order valence-corrected chi connectivity index (χ4v) is 4.21. The molecule has 1 aliphatic rings. The molecule has 1 saturated heterocycles. The zero-order valence-electron chi connectivity index (χ0n) is 14.5. The highest BCUT2D eigenvalue weighted by Gasteiger charge is 2.24. The number of methoxy groups -OCH3 is 1. The minimum atomic E-state index is -3.35. The van der Waals surface area contributed by atoms with Crippen LogP contribution < -0.4 is 0 Å². The van der Waals surface area contributed by atoms with E-state index in [0.29, 0.717) is 37.7 Å². The number of esters is 1. The Kier molecular flexibility index (Phi) is 5.70. The van der Waals surface area contributed by atoms with E-state index in [9.17, 15) is 13.2 Å². The van der Waals surface area contributed by atoms with Crippen molar-refractivity contribution < 1.29 is 22.7 Å². The molecule has 0 N–H and O–H groups in total. The van der Waals surface area contributed by atoms with Gasteiger partial charge in [0.25, 0.3) is 0 Å². The molecule has 1 aromatic carbocycles. The Bertz CT molecular complexity index is 872. The van der Waals surface area contributed by atoms with E-state index >= 15 is 0 Å². The highest BCUT2D eigenvalue weighted by atomic mass is 32.2. The van der Waals surface area contributed by atoms with E-state index in [4.69, 9.17) is 9.47 Å². The summed E-state index contributed by atoms with van der Waals surface area (Å²) in [6.07, 6.45) is 3.34. The van der Waals surface area contributed by atoms with Crippen molar-refractivity contribution in [3.8, 4) is 11.4 Å². The molecule has 0 unspecified atom stereocenters. The van der Waals surface area contributed by atoms with Crippen LogP contribution in [0.25, 0.3) is 11.4 Å². The van der Waals surface area contributed by atoms with Crippen LogP contribution in [0.1, 0.15) is 10.4 Å². The molecule has 9 heteroatoms. The average Bonchev–Trinajstić information content (AvgIpc) is 3.15. The molecule has 8 nitrogen and oxygen atoms in total. The predicted octanol–water partition coefficient (Wildman–Crippen LogP) is 0.999. The first-order valence-electron chi connectivity index (χ1n) is 8.27. The van der Waals surface area contributed by atoms with Crippen molar-refractivity contribution in [3.05, 3.63) is 42.2 Å². The standard InChI is InChI=1S/C17H21N3O5S/c1-24-17(21)15-4-2-3-14(13-15)16-18-5-6-19(16)9-12-26(22,23)20-7-10-25-11-8-20/h2-6,13H,7-12H2,1H3. The molecule has 3 rings (SSSR count). The molecule has 2 aromatic rings. The van der Waals surface area contributed by atoms with E-state index in [1.165, 1.54) is 11.4 Å². The van der Waals surface area contributed by atoms with Crippen molar-refractivity contribution in [2.24, 2.45) is 0 Å². The summed E-state index contributed by atoms with van der Waals surface area (Å²) in [5, 5.41) is 0. The Hall–Kier alpha value is -2.23. The fraction of sp³-hybridized carbons (Fsp3) is 0.412. The van der Waals surface area contributed by atoms with Gasteiger partial charge in [-0.15, -0.1) is 0 Å². The van der Waals surface area contributed by atoms with Crippen molar-refractivity contribution in [1.82, 2.24) is 13.9 Å². The number of ether oxygens (including phenoxy) is 2. The van der Waals surface area contributed by atoms with Gasteiger partial charge in [0.05, 0.1) is 31.6 Å². The summed E-state index contributed by atoms with van der Waals surface area (Å²) in [6, 6.07) is 6.90. The van der Waals surface area contributed by atoms with E-state index in [-0.39, 0.29) is 12.3 Å². The minimum absolute atomic E-state index is 0.0208. The molecule has 26 heavy (non-hydrogen) atoms. The van der Waals surface area contributed by atoms with Crippen molar-refractivity contribution in [2.75, 3.05) is 39.2 Å². The molecule has 0 saturated carbocycles. The average molecular weight is 379 g/mol. The number of sulfonamides is 1. The number of hydrogen-bond acceptors (Lipinski definition) is 6. The Morgan fingerprint density at radius 3 is 2.81 bits per heavy atom. The van der Waals surface area contributed by atoms with Crippen LogP contribution in [0, 0.1) is 0 Å². The number of carbonyl (C=O) groups excluding carboxylic acids is 1. The summed E-state index contributed by atoms with van der Waals surface area (Å²) >= 11 is 0. The van der Waals surface area contributed by atoms with E-state index in [1.54, 1.807) is 35.2 Å². The number of imidazole rings is 1. The minimum Gasteiger partial charge on any atom is -0.465 e. The third-order valence-electron chi connectivity index (χ3n) is 4.21. The quantitative estimate of drug-likeness (QED) is 0.696. The summed E-state index contributed by atoms with van der Waals surface area (Å²) < 4.78 is 38.1. The van der Waals surface area contributed by atoms with Crippen LogP contribution in [-0.4, -0.2) is 67.4 Å². The number of nitrogens with zero attached hydrogens (tertiary/aromatic N) is 3. The van der Waals surface area contributed by atoms with Crippen LogP contribution in [0.3, 0.4) is 0 Å². The van der Waals surface area contributed by atoms with Gasteiger partial charge in [-0.3, -0.25) is 0 Å². The highest BCUT2D eigenvalue weighted by Crippen LogP contribution is 2.20. The number of hydrogen-bond donors (Lipinski definition) is 0. The summed E-state index contributed by atoms with van der Waals surface area (Å²) in [4.78, 5) is 16.0. The maximum Gasteiger partial charge on any atom is 0.337 e. The van der Waals surface area contributed by atoms with Crippen LogP contribution in [0.5, 0.6) is 0 Å². The Balaban J connectivity index is 1.76. The second kappa shape index (κ2) is 7.98. The van der Waals surface area contributed by atoms with Crippen LogP contribution in [0.15, 0.2) is 36.7 Å². The number of rotatable bonds is 6. The summed E-state index contributed by atoms with van der Waals surface area (Å²) in [5.41, 5.74) is 1.14. The van der Waals surface area contributed by atoms with Gasteiger partial charge in [0.15, 0.2) is 0 Å². The number of carbonyl (C=O) groups is 1. The van der Waals surface area contributed by atoms with Gasteiger partial charge in [-0.25, -0.2) is 18.2 Å². The molecule has 1 fully saturated rings. The van der Waals surface area contributed by atoms with E-state index in [0.717, 1.165) is 5.56 Å². The first-order valence-corrected chi connectivity index (χ1v) is 9.87. The lowest BCUT2D eigenvalue weighted by atomic mass is 10.1. The summed E-state index contributed by atoms with van der Waals surface area (Å²) in [5.74, 6) is 0.153. The van der Waals surface area contributed by atoms with E-state index in [1.807, 2.05) is 6.07 Å². The van der Waals surface area contributed by atoms with Gasteiger partial charge < -0.3 is 14.0 Å². The third kappa shape index (κ3) is 4.12. The van der Waals surface area contributed by atoms with Crippen LogP contribution >= 0.6 is 0 Å². The SMILES string of the molecule is COC(=O)c1cccc(-c2nccn2CCS(=O)(=O)N2CCOCC2)c1. The molecule has 0 atom stereocenters. The van der Waals surface area contributed by atoms with Gasteiger partial charge in [0, 0.05) is 37.6 Å². The lowest BCUT2D eigenvalue weighted by Crippen LogP contribution is -2.42. The molecule has 140 valence electrons. The van der Waals surface area contributed by atoms with Crippen molar-refractivity contribution in [1.29, 1.82) is 0 Å². The lowest BCUT2D eigenvalue weighted by Gasteiger charge is -2.26. The second-order valence-corrected chi connectivity index (χ2v) is 7.93. The smallest absolute Gasteiger partial charge is 0.337 e. The number of aryl methyl sites for hydroxylation is 1. The Morgan fingerprint density at radius 2 is 2.08 bits per heavy atom. The molecule has 2 heterocycles. The normalized spacial score (nSPS) is 15.7. The molecule has 0 bridgehead atoms. The van der Waals surface area contributed by atoms with Gasteiger partial charge >= 0.3 is 5.97 Å². The largest absolute Gasteiger partial charge is 0.465 e. The molecule has 0 spiro atoms. The van der Waals surface area contributed by atoms with Gasteiger partial charge in [0.1, 0.15) is 5.82 Å². The maximum absolute atomic E-state index is 12.5. The molecular weight excluding hydrogens is 358 g/mol. The van der Waals surface area contributed by atoms with Gasteiger partial charge in [-0.1, -0.05) is 12.1 Å². The molecule has 0 amide bonds. The first-order chi connectivity index (χ1) is 12.5. The lowest BCUT2D eigenvalue weighted by molar-refractivity contribution is 0.0600. The van der Waals surface area contributed by atoms with E-state index < -0.39 is 16.0 Å². The molecule has 0 aliphatic carbocycles. The molecule has 1 aromatic heterocycles. The number of morpholine rings is 1. The molecular formula is C17H21N3O5S. The molecule has 0 radical (unpaired) electrons. The maximum atomic E-state index is 12.5. The van der Waals surface area contributed by atoms with Crippen molar-refractivity contribution in [3.63, 3.8) is 0 Å². The number of aromatic nitrogens is 2. The van der Waals surface area contributed by atoms with Crippen molar-refractivity contribution in [2.45, 2.75) is 6.54 Å². The van der Waals surface area contributed by atoms with Gasteiger partial charge in [-0.2, -0.15) is 4.31 Å². The van der Waals surface area contributed by atoms with Crippen LogP contribution in [-0.2, 0) is 26.0 Å². The topological polar surface area (TPSA) is 90.7 Å². The fourth-order valence-electron chi connectivity index (χ4n) is 2.82. The summed E-state index contributed by atoms with van der Waals surface area (Å²) in [7, 11) is -2.03. The van der Waals surface area contributed by atoms with Crippen LogP contribution in [0.4, 0.5) is 0 Å². The Labute approximate surface area is 152 Å². The van der Waals surface area contributed by atoms with Gasteiger partial charge in [0.2, 0.25) is 10.0 Å². The second-order valence-electron chi connectivity index (χ2n) is 5.84.